The van der Waals surface area contributed by atoms with Gasteiger partial charge in [-0.25, -0.2) is 0 Å². The first-order valence-electron chi connectivity index (χ1n) is 3.64. The topological polar surface area (TPSA) is 41.5 Å². The van der Waals surface area contributed by atoms with Crippen LogP contribution < -0.4 is 5.32 Å². The Labute approximate surface area is 61.4 Å². The molecule has 1 aliphatic rings. The van der Waals surface area contributed by atoms with Crippen LogP contribution in [-0.4, -0.2) is 30.1 Å². The van der Waals surface area contributed by atoms with Crippen molar-refractivity contribution in [3.05, 3.63) is 0 Å². The highest BCUT2D eigenvalue weighted by Gasteiger charge is 2.29. The van der Waals surface area contributed by atoms with Crippen LogP contribution in [0.2, 0.25) is 0 Å². The average Bonchev–Trinajstić information content (AvgIpc) is 2.12. The number of hydrogen-bond acceptors (Lipinski definition) is 3. The van der Waals surface area contributed by atoms with Crippen molar-refractivity contribution in [1.29, 1.82) is 0 Å². The van der Waals surface area contributed by atoms with E-state index in [-0.39, 0.29) is 18.4 Å². The molecular formula is C7H15NO2. The molecule has 1 fully saturated rings. The van der Waals surface area contributed by atoms with Crippen molar-refractivity contribution >= 4 is 0 Å². The summed E-state index contributed by atoms with van der Waals surface area (Å²) in [5, 5.41) is 11.8. The van der Waals surface area contributed by atoms with Crippen molar-refractivity contribution < 1.29 is 9.84 Å². The van der Waals surface area contributed by atoms with Gasteiger partial charge in [0, 0.05) is 18.6 Å². The predicted molar refractivity (Wildman–Crippen MR) is 38.7 cm³/mol. The minimum atomic E-state index is 0.0556. The summed E-state index contributed by atoms with van der Waals surface area (Å²) in [6, 6.07) is 0. The fraction of sp³-hybridized carbons (Fsp3) is 1.00. The normalized spacial score (nSPS) is 30.9. The third kappa shape index (κ3) is 1.94. The Morgan fingerprint density at radius 2 is 2.40 bits per heavy atom. The van der Waals surface area contributed by atoms with Gasteiger partial charge < -0.3 is 9.84 Å². The van der Waals surface area contributed by atoms with Crippen molar-refractivity contribution in [1.82, 2.24) is 5.32 Å². The molecule has 0 amide bonds. The quantitative estimate of drug-likeness (QED) is 0.578. The minimum Gasteiger partial charge on any atom is -0.396 e. The summed E-state index contributed by atoms with van der Waals surface area (Å²) in [6.07, 6.45) is 0.740. The van der Waals surface area contributed by atoms with Crippen LogP contribution in [0, 0.1) is 0 Å². The lowest BCUT2D eigenvalue weighted by Gasteiger charge is -2.16. The summed E-state index contributed by atoms with van der Waals surface area (Å²) < 4.78 is 5.34. The Morgan fingerprint density at radius 3 is 2.80 bits per heavy atom. The van der Waals surface area contributed by atoms with Gasteiger partial charge in [0.05, 0.1) is 6.61 Å². The first kappa shape index (κ1) is 7.98. The van der Waals surface area contributed by atoms with Gasteiger partial charge in [-0.05, 0) is 13.8 Å². The maximum atomic E-state index is 8.58. The second-order valence-electron chi connectivity index (χ2n) is 3.34. The van der Waals surface area contributed by atoms with Gasteiger partial charge in [-0.3, -0.25) is 5.32 Å². The van der Waals surface area contributed by atoms with Crippen LogP contribution in [0.3, 0.4) is 0 Å². The predicted octanol–water partition coefficient (Wildman–Crippen LogP) is 0.0933. The van der Waals surface area contributed by atoms with Gasteiger partial charge in [-0.1, -0.05) is 0 Å². The number of hydrogen-bond donors (Lipinski definition) is 2. The number of ether oxygens (including phenoxy) is 1. The van der Waals surface area contributed by atoms with Gasteiger partial charge in [0.1, 0.15) is 6.23 Å². The Bertz CT molecular complexity index is 114. The van der Waals surface area contributed by atoms with E-state index in [1.54, 1.807) is 0 Å². The molecular weight excluding hydrogens is 130 g/mol. The maximum absolute atomic E-state index is 8.58. The van der Waals surface area contributed by atoms with Gasteiger partial charge in [0.15, 0.2) is 0 Å². The van der Waals surface area contributed by atoms with Crippen LogP contribution in [0.1, 0.15) is 20.3 Å². The van der Waals surface area contributed by atoms with Crippen molar-refractivity contribution in [2.75, 3.05) is 13.2 Å². The Kier molecular flexibility index (Phi) is 2.28. The van der Waals surface area contributed by atoms with Crippen molar-refractivity contribution in [3.8, 4) is 0 Å². The van der Waals surface area contributed by atoms with E-state index >= 15 is 0 Å². The highest BCUT2D eigenvalue weighted by atomic mass is 16.5. The average molecular weight is 145 g/mol. The molecule has 1 atom stereocenters. The van der Waals surface area contributed by atoms with Crippen LogP contribution >= 0.6 is 0 Å². The molecule has 0 bridgehead atoms. The molecule has 10 heavy (non-hydrogen) atoms. The molecule has 60 valence electrons. The second kappa shape index (κ2) is 2.86. The maximum Gasteiger partial charge on any atom is 0.110 e. The Balaban J connectivity index is 2.29. The number of rotatable bonds is 2. The molecule has 0 aliphatic carbocycles. The van der Waals surface area contributed by atoms with Gasteiger partial charge in [0.25, 0.3) is 0 Å². The number of aliphatic hydroxyl groups excluding tert-OH is 1. The first-order chi connectivity index (χ1) is 4.64. The van der Waals surface area contributed by atoms with E-state index < -0.39 is 0 Å². The van der Waals surface area contributed by atoms with Gasteiger partial charge in [-0.2, -0.15) is 0 Å². The van der Waals surface area contributed by atoms with Gasteiger partial charge >= 0.3 is 0 Å². The molecule has 2 N–H and O–H groups in total. The van der Waals surface area contributed by atoms with E-state index in [0.717, 1.165) is 6.61 Å². The molecule has 3 nitrogen and oxygen atoms in total. The molecule has 3 heteroatoms. The SMILES string of the molecule is CC1(C)COC(CCO)N1. The van der Waals surface area contributed by atoms with E-state index in [2.05, 4.69) is 19.2 Å². The summed E-state index contributed by atoms with van der Waals surface area (Å²) in [5.74, 6) is 0. The fourth-order valence-electron chi connectivity index (χ4n) is 1.10. The lowest BCUT2D eigenvalue weighted by Crippen LogP contribution is -2.39. The standard InChI is InChI=1S/C7H15NO2/c1-7(2)5-10-6(8-7)3-4-9/h6,8-9H,3-5H2,1-2H3. The zero-order valence-electron chi connectivity index (χ0n) is 6.55. The van der Waals surface area contributed by atoms with Crippen LogP contribution in [0.4, 0.5) is 0 Å². The molecule has 0 radical (unpaired) electrons. The monoisotopic (exact) mass is 145 g/mol. The molecule has 1 aliphatic heterocycles. The molecule has 1 heterocycles. The lowest BCUT2D eigenvalue weighted by molar-refractivity contribution is 0.0756. The zero-order valence-corrected chi connectivity index (χ0v) is 6.55. The van der Waals surface area contributed by atoms with Crippen molar-refractivity contribution in [2.45, 2.75) is 32.0 Å². The van der Waals surface area contributed by atoms with E-state index in [4.69, 9.17) is 9.84 Å². The van der Waals surface area contributed by atoms with Crippen LogP contribution in [0.25, 0.3) is 0 Å². The Morgan fingerprint density at radius 1 is 1.70 bits per heavy atom. The minimum absolute atomic E-state index is 0.0556. The van der Waals surface area contributed by atoms with E-state index in [0.29, 0.717) is 6.42 Å². The largest absolute Gasteiger partial charge is 0.396 e. The molecule has 0 aromatic heterocycles. The lowest BCUT2D eigenvalue weighted by atomic mass is 10.1. The summed E-state index contributed by atoms with van der Waals surface area (Å²) in [5.41, 5.74) is 0.0832. The van der Waals surface area contributed by atoms with Crippen LogP contribution in [0.5, 0.6) is 0 Å². The van der Waals surface area contributed by atoms with E-state index in [1.807, 2.05) is 0 Å². The smallest absolute Gasteiger partial charge is 0.110 e. The number of nitrogens with one attached hydrogen (secondary N) is 1. The Hall–Kier alpha value is -0.120. The summed E-state index contributed by atoms with van der Waals surface area (Å²) >= 11 is 0. The summed E-state index contributed by atoms with van der Waals surface area (Å²) in [7, 11) is 0. The van der Waals surface area contributed by atoms with Crippen molar-refractivity contribution in [2.24, 2.45) is 0 Å². The molecule has 1 saturated heterocycles. The summed E-state index contributed by atoms with van der Waals surface area (Å²) in [6.45, 7) is 5.10. The third-order valence-electron chi connectivity index (χ3n) is 1.59. The zero-order chi connectivity index (χ0) is 7.61. The third-order valence-corrected chi connectivity index (χ3v) is 1.59. The molecule has 0 saturated carbocycles. The first-order valence-corrected chi connectivity index (χ1v) is 3.64. The van der Waals surface area contributed by atoms with E-state index in [1.165, 1.54) is 0 Å². The molecule has 0 spiro atoms. The molecule has 0 aromatic carbocycles. The highest BCUT2D eigenvalue weighted by molar-refractivity contribution is 4.84. The fourth-order valence-corrected chi connectivity index (χ4v) is 1.10. The summed E-state index contributed by atoms with van der Waals surface area (Å²) in [4.78, 5) is 0. The van der Waals surface area contributed by atoms with Crippen LogP contribution in [-0.2, 0) is 4.74 Å². The second-order valence-corrected chi connectivity index (χ2v) is 3.34. The van der Waals surface area contributed by atoms with Gasteiger partial charge in [0.2, 0.25) is 0 Å². The van der Waals surface area contributed by atoms with Crippen LogP contribution in [0.15, 0.2) is 0 Å². The molecule has 1 rings (SSSR count). The highest BCUT2D eigenvalue weighted by Crippen LogP contribution is 2.14. The number of aliphatic hydroxyl groups is 1. The van der Waals surface area contributed by atoms with E-state index in [9.17, 15) is 0 Å². The molecule has 0 aromatic rings. The molecule has 1 unspecified atom stereocenters. The van der Waals surface area contributed by atoms with Crippen molar-refractivity contribution in [3.63, 3.8) is 0 Å². The van der Waals surface area contributed by atoms with Gasteiger partial charge in [-0.15, -0.1) is 0 Å².